The molecule has 1 atom stereocenters. The molecule has 0 saturated heterocycles. The van der Waals surface area contributed by atoms with Crippen LogP contribution in [0.4, 0.5) is 5.82 Å². The van der Waals surface area contributed by atoms with Gasteiger partial charge in [-0.15, -0.1) is 0 Å². The Bertz CT molecular complexity index is 581. The lowest BCUT2D eigenvalue weighted by molar-refractivity contribution is 0.420. The number of nitrogens with two attached hydrogens (primary N) is 1. The van der Waals surface area contributed by atoms with Crippen molar-refractivity contribution >= 4 is 16.6 Å². The van der Waals surface area contributed by atoms with Crippen molar-refractivity contribution in [1.29, 1.82) is 0 Å². The topological polar surface area (TPSA) is 60.2 Å². The van der Waals surface area contributed by atoms with Crippen LogP contribution in [0.3, 0.4) is 0 Å². The zero-order valence-corrected chi connectivity index (χ0v) is 11.1. The van der Waals surface area contributed by atoms with Gasteiger partial charge in [0.25, 0.3) is 0 Å². The van der Waals surface area contributed by atoms with Crippen LogP contribution in [0, 0.1) is 5.92 Å². The fraction of sp³-hybridized carbons (Fsp3) is 0.400. The van der Waals surface area contributed by atoms with Gasteiger partial charge in [-0.2, -0.15) is 0 Å². The van der Waals surface area contributed by atoms with E-state index < -0.39 is 0 Å². The van der Waals surface area contributed by atoms with Crippen molar-refractivity contribution in [3.05, 3.63) is 30.5 Å². The number of anilines is 1. The first kappa shape index (κ1) is 12.2. The summed E-state index contributed by atoms with van der Waals surface area (Å²) < 4.78 is 5.38. The Hall–Kier alpha value is -1.81. The minimum absolute atomic E-state index is 0.225. The molecule has 1 saturated carbocycles. The first-order chi connectivity index (χ1) is 9.29. The second kappa shape index (κ2) is 5.05. The van der Waals surface area contributed by atoms with Crippen LogP contribution >= 0.6 is 0 Å². The zero-order valence-electron chi connectivity index (χ0n) is 11.1. The van der Waals surface area contributed by atoms with Crippen molar-refractivity contribution in [2.24, 2.45) is 11.7 Å². The summed E-state index contributed by atoms with van der Waals surface area (Å²) in [5.41, 5.74) is 6.11. The van der Waals surface area contributed by atoms with Crippen LogP contribution in [0.1, 0.15) is 12.8 Å². The number of ether oxygens (including phenoxy) is 1. The molecule has 0 radical (unpaired) electrons. The molecule has 1 aromatic heterocycles. The van der Waals surface area contributed by atoms with E-state index in [1.165, 1.54) is 12.8 Å². The first-order valence-corrected chi connectivity index (χ1v) is 6.71. The lowest BCUT2D eigenvalue weighted by atomic mass is 10.1. The van der Waals surface area contributed by atoms with Crippen LogP contribution in [0.15, 0.2) is 30.5 Å². The van der Waals surface area contributed by atoms with Gasteiger partial charge >= 0.3 is 0 Å². The van der Waals surface area contributed by atoms with E-state index in [-0.39, 0.29) is 6.04 Å². The van der Waals surface area contributed by atoms with Gasteiger partial charge in [0, 0.05) is 29.6 Å². The van der Waals surface area contributed by atoms with Gasteiger partial charge in [0.1, 0.15) is 11.6 Å². The van der Waals surface area contributed by atoms with E-state index >= 15 is 0 Å². The predicted octanol–water partition coefficient (Wildman–Crippen LogP) is 2.39. The maximum absolute atomic E-state index is 6.11. The lowest BCUT2D eigenvalue weighted by Crippen LogP contribution is -2.31. The number of aromatic nitrogens is 1. The third-order valence-corrected chi connectivity index (χ3v) is 3.72. The highest BCUT2D eigenvalue weighted by Gasteiger charge is 2.28. The van der Waals surface area contributed by atoms with Gasteiger partial charge in [0.05, 0.1) is 7.11 Å². The molecule has 1 unspecified atom stereocenters. The number of pyridine rings is 1. The molecule has 1 aliphatic rings. The van der Waals surface area contributed by atoms with Gasteiger partial charge in [-0.1, -0.05) is 12.1 Å². The van der Waals surface area contributed by atoms with E-state index in [0.717, 1.165) is 28.9 Å². The van der Waals surface area contributed by atoms with Gasteiger partial charge in [-0.05, 0) is 30.9 Å². The van der Waals surface area contributed by atoms with Crippen molar-refractivity contribution < 1.29 is 4.74 Å². The molecule has 0 amide bonds. The standard InChI is InChI=1S/C15H19N3O/c1-19-14-4-2-3-12-11(14)7-8-17-15(12)18-9-13(16)10-5-6-10/h2-4,7-8,10,13H,5-6,9,16H2,1H3,(H,17,18). The van der Waals surface area contributed by atoms with Crippen LogP contribution in [0.25, 0.3) is 10.8 Å². The molecule has 100 valence electrons. The van der Waals surface area contributed by atoms with Crippen molar-refractivity contribution in [3.63, 3.8) is 0 Å². The summed E-state index contributed by atoms with van der Waals surface area (Å²) in [5.74, 6) is 2.44. The molecule has 1 fully saturated rings. The number of benzene rings is 1. The molecule has 1 heterocycles. The van der Waals surface area contributed by atoms with Gasteiger partial charge < -0.3 is 15.8 Å². The Morgan fingerprint density at radius 1 is 1.37 bits per heavy atom. The van der Waals surface area contributed by atoms with Crippen LogP contribution in [-0.4, -0.2) is 24.7 Å². The SMILES string of the molecule is COc1cccc2c(NCC(N)C3CC3)nccc12. The van der Waals surface area contributed by atoms with E-state index in [2.05, 4.69) is 16.4 Å². The van der Waals surface area contributed by atoms with E-state index in [4.69, 9.17) is 10.5 Å². The third kappa shape index (κ3) is 2.49. The highest BCUT2D eigenvalue weighted by molar-refractivity contribution is 5.95. The molecule has 0 spiro atoms. The number of hydrogen-bond donors (Lipinski definition) is 2. The summed E-state index contributed by atoms with van der Waals surface area (Å²) in [7, 11) is 1.69. The summed E-state index contributed by atoms with van der Waals surface area (Å²) in [5, 5.41) is 5.51. The van der Waals surface area contributed by atoms with Crippen molar-refractivity contribution in [2.75, 3.05) is 19.0 Å². The Balaban J connectivity index is 1.86. The number of nitrogens with zero attached hydrogens (tertiary/aromatic N) is 1. The number of rotatable bonds is 5. The quantitative estimate of drug-likeness (QED) is 0.863. The van der Waals surface area contributed by atoms with Crippen LogP contribution in [-0.2, 0) is 0 Å². The summed E-state index contributed by atoms with van der Waals surface area (Å²) in [4.78, 5) is 4.41. The molecule has 3 N–H and O–H groups in total. The fourth-order valence-electron chi connectivity index (χ4n) is 2.40. The van der Waals surface area contributed by atoms with Gasteiger partial charge in [-0.3, -0.25) is 0 Å². The van der Waals surface area contributed by atoms with Crippen LogP contribution < -0.4 is 15.8 Å². The van der Waals surface area contributed by atoms with Crippen molar-refractivity contribution in [1.82, 2.24) is 4.98 Å². The zero-order chi connectivity index (χ0) is 13.2. The molecule has 4 nitrogen and oxygen atoms in total. The number of fused-ring (bicyclic) bond motifs is 1. The fourth-order valence-corrected chi connectivity index (χ4v) is 2.40. The Labute approximate surface area is 113 Å². The summed E-state index contributed by atoms with van der Waals surface area (Å²) >= 11 is 0. The monoisotopic (exact) mass is 257 g/mol. The summed E-state index contributed by atoms with van der Waals surface area (Å²) in [6.07, 6.45) is 4.33. The van der Waals surface area contributed by atoms with E-state index in [1.54, 1.807) is 13.3 Å². The van der Waals surface area contributed by atoms with Crippen LogP contribution in [0.2, 0.25) is 0 Å². The lowest BCUT2D eigenvalue weighted by Gasteiger charge is -2.14. The molecule has 1 aromatic carbocycles. The maximum atomic E-state index is 6.11. The summed E-state index contributed by atoms with van der Waals surface area (Å²) in [6, 6.07) is 8.19. The van der Waals surface area contributed by atoms with Gasteiger partial charge in [-0.25, -0.2) is 4.98 Å². The molecular formula is C15H19N3O. The second-order valence-corrected chi connectivity index (χ2v) is 5.10. The minimum atomic E-state index is 0.225. The predicted molar refractivity (Wildman–Crippen MR) is 77.5 cm³/mol. The summed E-state index contributed by atoms with van der Waals surface area (Å²) in [6.45, 7) is 0.772. The molecule has 4 heteroatoms. The first-order valence-electron chi connectivity index (χ1n) is 6.71. The minimum Gasteiger partial charge on any atom is -0.496 e. The number of nitrogens with one attached hydrogen (secondary N) is 1. The molecule has 3 rings (SSSR count). The van der Waals surface area contributed by atoms with Gasteiger partial charge in [0.15, 0.2) is 0 Å². The molecule has 19 heavy (non-hydrogen) atoms. The molecule has 0 aliphatic heterocycles. The van der Waals surface area contributed by atoms with Crippen molar-refractivity contribution in [3.8, 4) is 5.75 Å². The maximum Gasteiger partial charge on any atom is 0.134 e. The third-order valence-electron chi connectivity index (χ3n) is 3.72. The highest BCUT2D eigenvalue weighted by atomic mass is 16.5. The van der Waals surface area contributed by atoms with E-state index in [9.17, 15) is 0 Å². The Kier molecular flexibility index (Phi) is 3.25. The molecule has 1 aliphatic carbocycles. The normalized spacial score (nSPS) is 16.3. The van der Waals surface area contributed by atoms with Crippen molar-refractivity contribution in [2.45, 2.75) is 18.9 Å². The van der Waals surface area contributed by atoms with Crippen LogP contribution in [0.5, 0.6) is 5.75 Å². The largest absolute Gasteiger partial charge is 0.496 e. The number of methoxy groups -OCH3 is 1. The molecule has 0 bridgehead atoms. The molecule has 2 aromatic rings. The smallest absolute Gasteiger partial charge is 0.134 e. The Morgan fingerprint density at radius 3 is 2.95 bits per heavy atom. The van der Waals surface area contributed by atoms with E-state index in [0.29, 0.717) is 5.92 Å². The second-order valence-electron chi connectivity index (χ2n) is 5.10. The average molecular weight is 257 g/mol. The Morgan fingerprint density at radius 2 is 2.21 bits per heavy atom. The van der Waals surface area contributed by atoms with Gasteiger partial charge in [0.2, 0.25) is 0 Å². The average Bonchev–Trinajstić information content (AvgIpc) is 3.28. The molecular weight excluding hydrogens is 238 g/mol. The number of hydrogen-bond acceptors (Lipinski definition) is 4. The van der Waals surface area contributed by atoms with E-state index in [1.807, 2.05) is 18.2 Å². The highest BCUT2D eigenvalue weighted by Crippen LogP contribution is 2.32.